The molecule has 1 fully saturated rings. The third-order valence-corrected chi connectivity index (χ3v) is 3.32. The van der Waals surface area contributed by atoms with Crippen molar-refractivity contribution in [2.75, 3.05) is 0 Å². The Bertz CT molecular complexity index is 181. The predicted molar refractivity (Wildman–Crippen MR) is 52.4 cm³/mol. The van der Waals surface area contributed by atoms with E-state index in [1.807, 2.05) is 6.92 Å². The molecule has 0 amide bonds. The van der Waals surface area contributed by atoms with Gasteiger partial charge in [-0.05, 0) is 19.8 Å². The third kappa shape index (κ3) is 2.71. The van der Waals surface area contributed by atoms with E-state index in [2.05, 4.69) is 6.92 Å². The molecule has 0 N–H and O–H groups in total. The molecule has 1 atom stereocenters. The van der Waals surface area contributed by atoms with Crippen LogP contribution in [0.3, 0.4) is 0 Å². The predicted octanol–water partition coefficient (Wildman–Crippen LogP) is 2.91. The second kappa shape index (κ2) is 4.12. The molecule has 0 radical (unpaired) electrons. The Morgan fingerprint density at radius 2 is 1.85 bits per heavy atom. The Balaban J connectivity index is 2.51. The number of ether oxygens (including phenoxy) is 1. The quantitative estimate of drug-likeness (QED) is 0.617. The van der Waals surface area contributed by atoms with Crippen LogP contribution in [0.15, 0.2) is 0 Å². The molecule has 1 rings (SSSR count). The van der Waals surface area contributed by atoms with Crippen LogP contribution >= 0.6 is 0 Å². The molecule has 76 valence electrons. The molecule has 0 bridgehead atoms. The zero-order valence-corrected chi connectivity index (χ0v) is 8.93. The summed E-state index contributed by atoms with van der Waals surface area (Å²) in [5.74, 6) is -0.153. The molecule has 1 saturated carbocycles. The monoisotopic (exact) mass is 184 g/mol. The lowest BCUT2D eigenvalue weighted by atomic mass is 9.72. The highest BCUT2D eigenvalue weighted by molar-refractivity contribution is 5.66. The first kappa shape index (κ1) is 10.6. The van der Waals surface area contributed by atoms with Crippen LogP contribution in [0.5, 0.6) is 0 Å². The van der Waals surface area contributed by atoms with Gasteiger partial charge in [0.15, 0.2) is 0 Å². The topological polar surface area (TPSA) is 26.3 Å². The Morgan fingerprint density at radius 1 is 1.31 bits per heavy atom. The van der Waals surface area contributed by atoms with Gasteiger partial charge in [-0.15, -0.1) is 0 Å². The molecule has 2 nitrogen and oxygen atoms in total. The SMILES string of the molecule is CC(=O)OC(C)C1(C)CCCCC1. The van der Waals surface area contributed by atoms with Crippen LogP contribution in [0.1, 0.15) is 52.9 Å². The zero-order valence-electron chi connectivity index (χ0n) is 8.93. The first-order valence-electron chi connectivity index (χ1n) is 5.22. The molecule has 13 heavy (non-hydrogen) atoms. The van der Waals surface area contributed by atoms with Crippen LogP contribution < -0.4 is 0 Å². The van der Waals surface area contributed by atoms with Crippen LogP contribution in [0.25, 0.3) is 0 Å². The zero-order chi connectivity index (χ0) is 9.90. The van der Waals surface area contributed by atoms with Gasteiger partial charge in [0.2, 0.25) is 0 Å². The Labute approximate surface area is 80.7 Å². The summed E-state index contributed by atoms with van der Waals surface area (Å²) in [6.45, 7) is 5.75. The molecule has 1 aliphatic carbocycles. The van der Waals surface area contributed by atoms with Gasteiger partial charge >= 0.3 is 5.97 Å². The van der Waals surface area contributed by atoms with Crippen molar-refractivity contribution in [3.8, 4) is 0 Å². The second-order valence-electron chi connectivity index (χ2n) is 4.47. The van der Waals surface area contributed by atoms with E-state index in [1.54, 1.807) is 0 Å². The van der Waals surface area contributed by atoms with Crippen molar-refractivity contribution in [2.24, 2.45) is 5.41 Å². The van der Waals surface area contributed by atoms with Gasteiger partial charge in [-0.1, -0.05) is 26.2 Å². The normalized spacial score (nSPS) is 23.6. The van der Waals surface area contributed by atoms with E-state index in [0.717, 1.165) is 0 Å². The first-order chi connectivity index (χ1) is 6.04. The van der Waals surface area contributed by atoms with Gasteiger partial charge in [0.05, 0.1) is 0 Å². The summed E-state index contributed by atoms with van der Waals surface area (Å²) in [5, 5.41) is 0. The maximum absolute atomic E-state index is 10.8. The average Bonchev–Trinajstić information content (AvgIpc) is 2.04. The molecule has 0 aromatic heterocycles. The average molecular weight is 184 g/mol. The van der Waals surface area contributed by atoms with Crippen LogP contribution in [0.2, 0.25) is 0 Å². The Morgan fingerprint density at radius 3 is 2.31 bits per heavy atom. The molecular formula is C11H20O2. The van der Waals surface area contributed by atoms with Crippen molar-refractivity contribution in [3.05, 3.63) is 0 Å². The van der Waals surface area contributed by atoms with Crippen LogP contribution in [-0.2, 0) is 9.53 Å². The molecule has 0 aromatic rings. The largest absolute Gasteiger partial charge is 0.462 e. The second-order valence-corrected chi connectivity index (χ2v) is 4.47. The number of esters is 1. The first-order valence-corrected chi connectivity index (χ1v) is 5.22. The Kier molecular flexibility index (Phi) is 3.34. The summed E-state index contributed by atoms with van der Waals surface area (Å²) in [6, 6.07) is 0. The lowest BCUT2D eigenvalue weighted by molar-refractivity contribution is -0.153. The van der Waals surface area contributed by atoms with Gasteiger partial charge in [-0.3, -0.25) is 4.79 Å². The lowest BCUT2D eigenvalue weighted by Crippen LogP contribution is -2.35. The fourth-order valence-corrected chi connectivity index (χ4v) is 2.16. The molecular weight excluding hydrogens is 164 g/mol. The van der Waals surface area contributed by atoms with Crippen LogP contribution in [0, 0.1) is 5.41 Å². The third-order valence-electron chi connectivity index (χ3n) is 3.32. The van der Waals surface area contributed by atoms with Crippen molar-refractivity contribution < 1.29 is 9.53 Å². The van der Waals surface area contributed by atoms with E-state index >= 15 is 0 Å². The smallest absolute Gasteiger partial charge is 0.302 e. The maximum Gasteiger partial charge on any atom is 0.302 e. The number of carbonyl (C=O) groups excluding carboxylic acids is 1. The highest BCUT2D eigenvalue weighted by atomic mass is 16.5. The minimum atomic E-state index is -0.153. The summed E-state index contributed by atoms with van der Waals surface area (Å²) < 4.78 is 5.25. The number of carbonyl (C=O) groups is 1. The van der Waals surface area contributed by atoms with Crippen molar-refractivity contribution in [1.29, 1.82) is 0 Å². The van der Waals surface area contributed by atoms with Gasteiger partial charge in [-0.25, -0.2) is 0 Å². The fraction of sp³-hybridized carbons (Fsp3) is 0.909. The molecule has 1 unspecified atom stereocenters. The van der Waals surface area contributed by atoms with Gasteiger partial charge in [0.25, 0.3) is 0 Å². The molecule has 0 saturated heterocycles. The van der Waals surface area contributed by atoms with Crippen LogP contribution in [0.4, 0.5) is 0 Å². The minimum Gasteiger partial charge on any atom is -0.462 e. The standard InChI is InChI=1S/C11H20O2/c1-9(13-10(2)12)11(3)7-5-4-6-8-11/h9H,4-8H2,1-3H3. The molecule has 0 aliphatic heterocycles. The van der Waals surface area contributed by atoms with Crippen molar-refractivity contribution in [2.45, 2.75) is 59.0 Å². The summed E-state index contributed by atoms with van der Waals surface area (Å²) >= 11 is 0. The summed E-state index contributed by atoms with van der Waals surface area (Å²) in [5.41, 5.74) is 0.226. The van der Waals surface area contributed by atoms with Crippen molar-refractivity contribution in [3.63, 3.8) is 0 Å². The molecule has 2 heteroatoms. The van der Waals surface area contributed by atoms with E-state index in [9.17, 15) is 4.79 Å². The molecule has 0 aromatic carbocycles. The highest BCUT2D eigenvalue weighted by Crippen LogP contribution is 2.39. The number of hydrogen-bond acceptors (Lipinski definition) is 2. The summed E-state index contributed by atoms with van der Waals surface area (Å²) in [6.07, 6.45) is 6.36. The summed E-state index contributed by atoms with van der Waals surface area (Å²) in [4.78, 5) is 10.8. The van der Waals surface area contributed by atoms with E-state index < -0.39 is 0 Å². The number of hydrogen-bond donors (Lipinski definition) is 0. The van der Waals surface area contributed by atoms with Gasteiger partial charge < -0.3 is 4.74 Å². The minimum absolute atomic E-state index is 0.0744. The Hall–Kier alpha value is -0.530. The lowest BCUT2D eigenvalue weighted by Gasteiger charge is -2.38. The van der Waals surface area contributed by atoms with Crippen molar-refractivity contribution in [1.82, 2.24) is 0 Å². The fourth-order valence-electron chi connectivity index (χ4n) is 2.16. The van der Waals surface area contributed by atoms with E-state index in [4.69, 9.17) is 4.74 Å². The van der Waals surface area contributed by atoms with Gasteiger partial charge in [-0.2, -0.15) is 0 Å². The molecule has 1 aliphatic rings. The molecule has 0 spiro atoms. The highest BCUT2D eigenvalue weighted by Gasteiger charge is 2.34. The van der Waals surface area contributed by atoms with Gasteiger partial charge in [0, 0.05) is 12.3 Å². The van der Waals surface area contributed by atoms with Crippen LogP contribution in [-0.4, -0.2) is 12.1 Å². The van der Waals surface area contributed by atoms with E-state index in [1.165, 1.54) is 39.0 Å². The van der Waals surface area contributed by atoms with E-state index in [-0.39, 0.29) is 17.5 Å². The van der Waals surface area contributed by atoms with Gasteiger partial charge in [0.1, 0.15) is 6.10 Å². The number of rotatable bonds is 2. The van der Waals surface area contributed by atoms with Crippen molar-refractivity contribution >= 4 is 5.97 Å². The maximum atomic E-state index is 10.8. The molecule has 0 heterocycles. The van der Waals surface area contributed by atoms with E-state index in [0.29, 0.717) is 0 Å². The summed E-state index contributed by atoms with van der Waals surface area (Å²) in [7, 11) is 0.